The number of hydrogen-bond donors (Lipinski definition) is 0. The Labute approximate surface area is 212 Å². The molecule has 0 atom stereocenters. The van der Waals surface area contributed by atoms with Crippen LogP contribution in [0.1, 0.15) is 101 Å². The molecule has 0 saturated heterocycles. The number of nitrogens with zero attached hydrogens (tertiary/aromatic N) is 2. The van der Waals surface area contributed by atoms with Crippen LogP contribution in [0.15, 0.2) is 35.9 Å². The first-order chi connectivity index (χ1) is 16.4. The van der Waals surface area contributed by atoms with Gasteiger partial charge >= 0.3 is 0 Å². The molecule has 184 valence electrons. The fraction of sp³-hybridized carbons (Fsp3) is 0.484. The van der Waals surface area contributed by atoms with Gasteiger partial charge in [0.05, 0.1) is 0 Å². The minimum Gasteiger partial charge on any atom is -0.344 e. The van der Waals surface area contributed by atoms with Crippen molar-refractivity contribution in [3.8, 4) is 0 Å². The first-order valence-electron chi connectivity index (χ1n) is 13.3. The summed E-state index contributed by atoms with van der Waals surface area (Å²) in [6, 6.07) is 8.83. The zero-order valence-corrected chi connectivity index (χ0v) is 23.1. The third-order valence-electron chi connectivity index (χ3n) is 6.75. The SMILES string of the molecule is C/C=C\c1cc(C(=C2CCC2)c2c(C)n(CCC)c3ccc(Cl)cc23)n(CCC)c1C.CCC. The standard InChI is InChI=1S/C28H35ClN2.C3H8/c1-6-10-22-17-26(30(15-7-2)19(22)4)28(21-11-9-12-21)27-20(5)31(16-8-3)25-14-13-23(29)18-24(25)27;1-3-2/h6,10,13-14,17-18H,7-9,11-12,15-16H2,1-5H3;3H2,1-2H3/b10-6-;. The summed E-state index contributed by atoms with van der Waals surface area (Å²) in [5.41, 5.74) is 11.2. The average molecular weight is 479 g/mol. The maximum absolute atomic E-state index is 6.52. The molecule has 1 aromatic carbocycles. The smallest absolute Gasteiger partial charge is 0.0495 e. The molecule has 0 aliphatic heterocycles. The van der Waals surface area contributed by atoms with Gasteiger partial charge in [-0.2, -0.15) is 0 Å². The molecule has 2 nitrogen and oxygen atoms in total. The minimum absolute atomic E-state index is 0.815. The molecule has 0 bridgehead atoms. The van der Waals surface area contributed by atoms with Gasteiger partial charge in [-0.3, -0.25) is 0 Å². The molecule has 2 heterocycles. The van der Waals surface area contributed by atoms with Gasteiger partial charge in [0, 0.05) is 57.2 Å². The number of aryl methyl sites for hydroxylation is 1. The van der Waals surface area contributed by atoms with Crippen LogP contribution in [-0.2, 0) is 13.1 Å². The Balaban J connectivity index is 0.00000103. The minimum atomic E-state index is 0.815. The largest absolute Gasteiger partial charge is 0.344 e. The summed E-state index contributed by atoms with van der Waals surface area (Å²) in [4.78, 5) is 0. The van der Waals surface area contributed by atoms with E-state index < -0.39 is 0 Å². The Morgan fingerprint density at radius 3 is 2.15 bits per heavy atom. The lowest BCUT2D eigenvalue weighted by Crippen LogP contribution is -2.10. The van der Waals surface area contributed by atoms with Crippen molar-refractivity contribution in [1.29, 1.82) is 0 Å². The van der Waals surface area contributed by atoms with E-state index in [1.54, 1.807) is 5.57 Å². The van der Waals surface area contributed by atoms with Crippen LogP contribution in [0.2, 0.25) is 5.02 Å². The molecule has 4 rings (SSSR count). The quantitative estimate of drug-likeness (QED) is 0.319. The second-order valence-electron chi connectivity index (χ2n) is 9.53. The molecule has 0 amide bonds. The van der Waals surface area contributed by atoms with Crippen molar-refractivity contribution in [3.05, 3.63) is 69.1 Å². The summed E-state index contributed by atoms with van der Waals surface area (Å²) < 4.78 is 5.04. The molecule has 0 radical (unpaired) electrons. The second kappa shape index (κ2) is 12.0. The maximum Gasteiger partial charge on any atom is 0.0495 e. The normalized spacial score (nSPS) is 13.4. The Hall–Kier alpha value is -2.19. The van der Waals surface area contributed by atoms with Crippen molar-refractivity contribution in [1.82, 2.24) is 9.13 Å². The first-order valence-corrected chi connectivity index (χ1v) is 13.6. The fourth-order valence-corrected chi connectivity index (χ4v) is 5.28. The zero-order valence-electron chi connectivity index (χ0n) is 22.4. The molecule has 0 spiro atoms. The number of allylic oxidation sites excluding steroid dienone is 2. The van der Waals surface area contributed by atoms with Crippen molar-refractivity contribution >= 4 is 34.2 Å². The van der Waals surface area contributed by atoms with E-state index in [2.05, 4.69) is 88.0 Å². The molecule has 1 aliphatic carbocycles. The van der Waals surface area contributed by atoms with E-state index in [0.717, 1.165) is 31.0 Å². The third kappa shape index (κ3) is 5.08. The Bertz CT molecular complexity index is 1180. The van der Waals surface area contributed by atoms with Gasteiger partial charge < -0.3 is 9.13 Å². The van der Waals surface area contributed by atoms with E-state index in [9.17, 15) is 0 Å². The van der Waals surface area contributed by atoms with E-state index in [1.165, 1.54) is 70.4 Å². The van der Waals surface area contributed by atoms with Crippen molar-refractivity contribution in [3.63, 3.8) is 0 Å². The highest BCUT2D eigenvalue weighted by Crippen LogP contribution is 2.44. The number of halogens is 1. The van der Waals surface area contributed by atoms with Gasteiger partial charge in [-0.1, -0.05) is 63.4 Å². The predicted octanol–water partition coefficient (Wildman–Crippen LogP) is 9.97. The Morgan fingerprint density at radius 2 is 1.59 bits per heavy atom. The van der Waals surface area contributed by atoms with E-state index in [4.69, 9.17) is 11.6 Å². The van der Waals surface area contributed by atoms with Crippen LogP contribution in [0.3, 0.4) is 0 Å². The number of fused-ring (bicyclic) bond motifs is 1. The molecule has 0 N–H and O–H groups in total. The van der Waals surface area contributed by atoms with Crippen molar-refractivity contribution in [2.45, 2.75) is 100 Å². The van der Waals surface area contributed by atoms with Crippen LogP contribution in [0.4, 0.5) is 0 Å². The van der Waals surface area contributed by atoms with Crippen LogP contribution < -0.4 is 0 Å². The summed E-state index contributed by atoms with van der Waals surface area (Å²) in [6.07, 6.45) is 11.6. The summed E-state index contributed by atoms with van der Waals surface area (Å²) in [7, 11) is 0. The van der Waals surface area contributed by atoms with Crippen molar-refractivity contribution in [2.75, 3.05) is 0 Å². The number of rotatable bonds is 7. The molecule has 2 aromatic heterocycles. The molecule has 3 heteroatoms. The van der Waals surface area contributed by atoms with Crippen LogP contribution >= 0.6 is 11.6 Å². The molecule has 3 aromatic rings. The zero-order chi connectivity index (χ0) is 24.8. The molecule has 1 aliphatic rings. The van der Waals surface area contributed by atoms with Gasteiger partial charge in [0.1, 0.15) is 0 Å². The topological polar surface area (TPSA) is 9.86 Å². The summed E-state index contributed by atoms with van der Waals surface area (Å²) in [5, 5.41) is 2.11. The van der Waals surface area contributed by atoms with Gasteiger partial charge in [0.2, 0.25) is 0 Å². The van der Waals surface area contributed by atoms with Crippen LogP contribution in [0.5, 0.6) is 0 Å². The number of benzene rings is 1. The van der Waals surface area contributed by atoms with Gasteiger partial charge in [-0.25, -0.2) is 0 Å². The van der Waals surface area contributed by atoms with E-state index in [0.29, 0.717) is 0 Å². The lowest BCUT2D eigenvalue weighted by molar-refractivity contribution is 0.644. The average Bonchev–Trinajstić information content (AvgIpc) is 3.21. The summed E-state index contributed by atoms with van der Waals surface area (Å²) in [6.45, 7) is 17.5. The second-order valence-corrected chi connectivity index (χ2v) is 9.97. The molecule has 34 heavy (non-hydrogen) atoms. The van der Waals surface area contributed by atoms with Gasteiger partial charge in [0.15, 0.2) is 0 Å². The summed E-state index contributed by atoms with van der Waals surface area (Å²) in [5.74, 6) is 0. The molecular formula is C31H43ClN2. The molecule has 1 fully saturated rings. The predicted molar refractivity (Wildman–Crippen MR) is 152 cm³/mol. The lowest BCUT2D eigenvalue weighted by Gasteiger charge is -2.25. The Kier molecular flexibility index (Phi) is 9.31. The van der Waals surface area contributed by atoms with Gasteiger partial charge in [-0.15, -0.1) is 0 Å². The van der Waals surface area contributed by atoms with E-state index in [-0.39, 0.29) is 0 Å². The van der Waals surface area contributed by atoms with Crippen LogP contribution in [0.25, 0.3) is 22.6 Å². The third-order valence-corrected chi connectivity index (χ3v) is 6.98. The monoisotopic (exact) mass is 478 g/mol. The highest BCUT2D eigenvalue weighted by atomic mass is 35.5. The summed E-state index contributed by atoms with van der Waals surface area (Å²) >= 11 is 6.52. The fourth-order valence-electron chi connectivity index (χ4n) is 5.10. The lowest BCUT2D eigenvalue weighted by atomic mass is 9.83. The van der Waals surface area contributed by atoms with E-state index >= 15 is 0 Å². The molecular weight excluding hydrogens is 436 g/mol. The van der Waals surface area contributed by atoms with Gasteiger partial charge in [0.25, 0.3) is 0 Å². The van der Waals surface area contributed by atoms with E-state index in [1.807, 2.05) is 6.07 Å². The number of hydrogen-bond acceptors (Lipinski definition) is 0. The first kappa shape index (κ1) is 26.4. The molecule has 0 unspecified atom stereocenters. The molecule has 1 saturated carbocycles. The van der Waals surface area contributed by atoms with Crippen LogP contribution in [-0.4, -0.2) is 9.13 Å². The maximum atomic E-state index is 6.52. The number of aromatic nitrogens is 2. The highest BCUT2D eigenvalue weighted by Gasteiger charge is 2.27. The highest BCUT2D eigenvalue weighted by molar-refractivity contribution is 6.31. The van der Waals surface area contributed by atoms with Gasteiger partial charge in [-0.05, 0) is 82.7 Å². The van der Waals surface area contributed by atoms with Crippen molar-refractivity contribution < 1.29 is 0 Å². The Morgan fingerprint density at radius 1 is 0.941 bits per heavy atom. The van der Waals surface area contributed by atoms with Crippen LogP contribution in [0, 0.1) is 13.8 Å². The van der Waals surface area contributed by atoms with Crippen molar-refractivity contribution in [2.24, 2.45) is 0 Å².